The Balaban J connectivity index is 1.27. The van der Waals surface area contributed by atoms with Gasteiger partial charge in [-0.3, -0.25) is 4.79 Å². The summed E-state index contributed by atoms with van der Waals surface area (Å²) in [4.78, 5) is 11.3. The maximum absolute atomic E-state index is 11.3. The maximum atomic E-state index is 11.3. The lowest BCUT2D eigenvalue weighted by Gasteiger charge is -2.63. The van der Waals surface area contributed by atoms with Crippen LogP contribution in [0.15, 0.2) is 48.5 Å². The first-order valence-electron chi connectivity index (χ1n) is 16.3. The van der Waals surface area contributed by atoms with Gasteiger partial charge in [-0.05, 0) is 122 Å². The summed E-state index contributed by atoms with van der Waals surface area (Å²) in [5, 5.41) is 9.34. The van der Waals surface area contributed by atoms with Crippen LogP contribution in [0, 0.1) is 46.3 Å². The number of nitrogen functional groups attached to an aromatic ring is 2. The van der Waals surface area contributed by atoms with Gasteiger partial charge in [-0.2, -0.15) is 0 Å². The van der Waals surface area contributed by atoms with Crippen LogP contribution in [-0.4, -0.2) is 23.3 Å². The van der Waals surface area contributed by atoms with E-state index in [0.29, 0.717) is 35.5 Å². The number of hydrogen-bond donors (Lipinski definition) is 3. The molecule has 5 N–H and O–H groups in total. The molecule has 0 bridgehead atoms. The molecule has 4 aliphatic rings. The van der Waals surface area contributed by atoms with E-state index in [2.05, 4.69) is 20.8 Å². The lowest BCUT2D eigenvalue weighted by Crippen LogP contribution is -2.59. The third-order valence-electron chi connectivity index (χ3n) is 12.5. The van der Waals surface area contributed by atoms with E-state index in [9.17, 15) is 9.90 Å². The predicted octanol–water partition coefficient (Wildman–Crippen LogP) is 7.82. The van der Waals surface area contributed by atoms with Gasteiger partial charge in [0.25, 0.3) is 0 Å². The molecule has 0 saturated heterocycles. The molecule has 4 saturated carbocycles. The van der Waals surface area contributed by atoms with E-state index in [1.165, 1.54) is 25.7 Å². The number of carboxylic acid groups (broad SMARTS) is 1. The molecule has 4 aliphatic carbocycles. The number of anilines is 2. The zero-order chi connectivity index (χ0) is 29.6. The van der Waals surface area contributed by atoms with Crippen LogP contribution in [0.2, 0.25) is 0 Å². The molecule has 228 valence electrons. The predicted molar refractivity (Wildman–Crippen MR) is 167 cm³/mol. The van der Waals surface area contributed by atoms with Gasteiger partial charge in [0.05, 0.1) is 6.10 Å². The van der Waals surface area contributed by atoms with Gasteiger partial charge in [-0.1, -0.05) is 32.9 Å². The number of ether oxygens (including phenoxy) is 2. The molecule has 0 radical (unpaired) electrons. The Kier molecular flexibility index (Phi) is 7.86. The highest BCUT2D eigenvalue weighted by atomic mass is 16.5. The number of carbonyl (C=O) groups is 1. The largest absolute Gasteiger partial charge is 0.490 e. The average Bonchev–Trinajstić information content (AvgIpc) is 3.30. The van der Waals surface area contributed by atoms with Crippen LogP contribution >= 0.6 is 0 Å². The van der Waals surface area contributed by atoms with Crippen molar-refractivity contribution in [2.45, 2.75) is 97.2 Å². The second-order valence-corrected chi connectivity index (χ2v) is 14.7. The Morgan fingerprint density at radius 2 is 1.52 bits per heavy atom. The summed E-state index contributed by atoms with van der Waals surface area (Å²) >= 11 is 0. The highest BCUT2D eigenvalue weighted by Crippen LogP contribution is 2.68. The van der Waals surface area contributed by atoms with Crippen LogP contribution in [0.3, 0.4) is 0 Å². The summed E-state index contributed by atoms with van der Waals surface area (Å²) in [5.41, 5.74) is 14.2. The molecule has 0 spiro atoms. The summed E-state index contributed by atoms with van der Waals surface area (Å²) in [7, 11) is 0. The number of hydrogen-bond acceptors (Lipinski definition) is 5. The van der Waals surface area contributed by atoms with Gasteiger partial charge in [0.1, 0.15) is 17.6 Å². The minimum absolute atomic E-state index is 0.108. The SMILES string of the molecule is C[C@H](CCC(=O)O)[C@H]1CC[C@H]2[C@@H]3CC(Oc4cccc(N)c4)C4CC(Oc5cccc(N)c5)CC[C@]4(C)[C@H]3CC[C@]12C. The van der Waals surface area contributed by atoms with Crippen LogP contribution in [0.4, 0.5) is 11.4 Å². The first-order chi connectivity index (χ1) is 20.1. The Labute approximate surface area is 251 Å². The molecule has 0 heterocycles. The van der Waals surface area contributed by atoms with Crippen molar-refractivity contribution >= 4 is 17.3 Å². The fourth-order valence-electron chi connectivity index (χ4n) is 10.5. The minimum Gasteiger partial charge on any atom is -0.490 e. The van der Waals surface area contributed by atoms with Gasteiger partial charge < -0.3 is 26.0 Å². The smallest absolute Gasteiger partial charge is 0.303 e. The maximum Gasteiger partial charge on any atom is 0.303 e. The molecular weight excluding hydrogens is 524 g/mol. The Hall–Kier alpha value is -2.89. The van der Waals surface area contributed by atoms with Gasteiger partial charge in [0, 0.05) is 35.8 Å². The quantitative estimate of drug-likeness (QED) is 0.278. The first-order valence-corrected chi connectivity index (χ1v) is 16.3. The Bertz CT molecular complexity index is 1280. The van der Waals surface area contributed by atoms with E-state index in [-0.39, 0.29) is 29.5 Å². The molecule has 6 rings (SSSR count). The van der Waals surface area contributed by atoms with Crippen LogP contribution in [0.1, 0.15) is 85.0 Å². The highest BCUT2D eigenvalue weighted by Gasteiger charge is 2.63. The number of fused-ring (bicyclic) bond motifs is 5. The standard InChI is InChI=1S/C36H50N2O4/c1-22(10-13-34(39)40)29-11-12-30-28-21-33(42-26-9-5-7-24(38)19-26)32-20-27(41-25-8-4-6-23(37)18-25)14-16-36(32,3)31(28)15-17-35(29,30)2/h4-9,18-19,22,27-33H,10-17,20-21,37-38H2,1-3H3,(H,39,40)/t22-,27?,28+,29-,30+,31+,32?,33?,35-,36-/m1/s1. The van der Waals surface area contributed by atoms with E-state index in [1.54, 1.807) is 0 Å². The molecule has 42 heavy (non-hydrogen) atoms. The fourth-order valence-corrected chi connectivity index (χ4v) is 10.5. The Morgan fingerprint density at radius 3 is 2.19 bits per heavy atom. The normalized spacial score (nSPS) is 38.0. The van der Waals surface area contributed by atoms with Gasteiger partial charge >= 0.3 is 5.97 Å². The number of nitrogens with two attached hydrogens (primary N) is 2. The monoisotopic (exact) mass is 574 g/mol. The molecule has 2 aromatic carbocycles. The average molecular weight is 575 g/mol. The third-order valence-corrected chi connectivity index (χ3v) is 12.5. The van der Waals surface area contributed by atoms with Gasteiger partial charge in [-0.25, -0.2) is 0 Å². The van der Waals surface area contributed by atoms with E-state index in [1.807, 2.05) is 48.5 Å². The molecule has 2 aromatic rings. The van der Waals surface area contributed by atoms with Crippen molar-refractivity contribution in [2.75, 3.05) is 11.5 Å². The van der Waals surface area contributed by atoms with Crippen LogP contribution in [-0.2, 0) is 4.79 Å². The van der Waals surface area contributed by atoms with E-state index < -0.39 is 5.97 Å². The number of benzene rings is 2. The fraction of sp³-hybridized carbons (Fsp3) is 0.639. The molecule has 4 fully saturated rings. The highest BCUT2D eigenvalue weighted by molar-refractivity contribution is 5.66. The number of carboxylic acids is 1. The molecule has 10 atom stereocenters. The Morgan fingerprint density at radius 1 is 0.881 bits per heavy atom. The summed E-state index contributed by atoms with van der Waals surface area (Å²) in [6.07, 6.45) is 10.6. The molecule has 0 amide bonds. The van der Waals surface area contributed by atoms with Crippen molar-refractivity contribution in [1.82, 2.24) is 0 Å². The molecule has 0 aliphatic heterocycles. The third kappa shape index (κ3) is 5.35. The van der Waals surface area contributed by atoms with Crippen molar-refractivity contribution in [3.05, 3.63) is 48.5 Å². The minimum atomic E-state index is -0.673. The van der Waals surface area contributed by atoms with E-state index in [4.69, 9.17) is 20.9 Å². The molecule has 0 aromatic heterocycles. The second kappa shape index (κ2) is 11.3. The van der Waals surface area contributed by atoms with Crippen molar-refractivity contribution < 1.29 is 19.4 Å². The molecule has 6 heteroatoms. The summed E-state index contributed by atoms with van der Waals surface area (Å²) in [6.45, 7) is 7.41. The summed E-state index contributed by atoms with van der Waals surface area (Å²) in [6, 6.07) is 15.7. The lowest BCUT2D eigenvalue weighted by molar-refractivity contribution is -0.164. The van der Waals surface area contributed by atoms with E-state index in [0.717, 1.165) is 55.0 Å². The van der Waals surface area contributed by atoms with Crippen molar-refractivity contribution in [3.8, 4) is 11.5 Å². The number of aliphatic carboxylic acids is 1. The van der Waals surface area contributed by atoms with Crippen LogP contribution in [0.5, 0.6) is 11.5 Å². The van der Waals surface area contributed by atoms with Crippen LogP contribution < -0.4 is 20.9 Å². The number of rotatable bonds is 8. The van der Waals surface area contributed by atoms with Crippen LogP contribution in [0.25, 0.3) is 0 Å². The van der Waals surface area contributed by atoms with Gasteiger partial charge in [-0.15, -0.1) is 0 Å². The topological polar surface area (TPSA) is 108 Å². The first kappa shape index (κ1) is 29.2. The van der Waals surface area contributed by atoms with Gasteiger partial charge in [0.2, 0.25) is 0 Å². The van der Waals surface area contributed by atoms with Crippen molar-refractivity contribution in [3.63, 3.8) is 0 Å². The van der Waals surface area contributed by atoms with Crippen molar-refractivity contribution in [1.29, 1.82) is 0 Å². The van der Waals surface area contributed by atoms with Gasteiger partial charge in [0.15, 0.2) is 0 Å². The molecule has 3 unspecified atom stereocenters. The molecule has 6 nitrogen and oxygen atoms in total. The zero-order valence-corrected chi connectivity index (χ0v) is 25.6. The zero-order valence-electron chi connectivity index (χ0n) is 25.6. The summed E-state index contributed by atoms with van der Waals surface area (Å²) < 4.78 is 13.5. The van der Waals surface area contributed by atoms with Crippen molar-refractivity contribution in [2.24, 2.45) is 46.3 Å². The molecular formula is C36H50N2O4. The second-order valence-electron chi connectivity index (χ2n) is 14.7. The lowest BCUT2D eigenvalue weighted by atomic mass is 9.43. The summed E-state index contributed by atoms with van der Waals surface area (Å²) in [5.74, 6) is 4.46. The van der Waals surface area contributed by atoms with E-state index >= 15 is 0 Å².